The van der Waals surface area contributed by atoms with Gasteiger partial charge in [-0.1, -0.05) is 60.2 Å². The van der Waals surface area contributed by atoms with Crippen molar-refractivity contribution in [3.63, 3.8) is 0 Å². The molecular formula is C26H26N2O4S. The number of sulfonamides is 1. The summed E-state index contributed by atoms with van der Waals surface area (Å²) in [6.07, 6.45) is 1.17. The van der Waals surface area contributed by atoms with Crippen molar-refractivity contribution >= 4 is 27.4 Å². The Bertz CT molecular complexity index is 1260. The molecule has 1 heterocycles. The second-order valence-corrected chi connectivity index (χ2v) is 10.2. The Morgan fingerprint density at radius 2 is 1.61 bits per heavy atom. The molecule has 1 amide bonds. The predicted molar refractivity (Wildman–Crippen MR) is 128 cm³/mol. The number of ketones is 1. The van der Waals surface area contributed by atoms with E-state index in [0.717, 1.165) is 5.56 Å². The zero-order valence-electron chi connectivity index (χ0n) is 18.4. The minimum atomic E-state index is -3.67. The molecule has 0 saturated carbocycles. The lowest BCUT2D eigenvalue weighted by Crippen LogP contribution is -2.43. The lowest BCUT2D eigenvalue weighted by Gasteiger charge is -2.31. The molecule has 1 fully saturated rings. The van der Waals surface area contributed by atoms with Crippen molar-refractivity contribution in [3.05, 3.63) is 95.6 Å². The van der Waals surface area contributed by atoms with E-state index in [1.165, 1.54) is 4.31 Å². The van der Waals surface area contributed by atoms with Gasteiger partial charge in [0.2, 0.25) is 15.9 Å². The van der Waals surface area contributed by atoms with Crippen molar-refractivity contribution < 1.29 is 18.0 Å². The molecule has 4 rings (SSSR count). The highest BCUT2D eigenvalue weighted by Crippen LogP contribution is 2.26. The van der Waals surface area contributed by atoms with E-state index in [0.29, 0.717) is 36.2 Å². The number of aryl methyl sites for hydroxylation is 1. The third-order valence-electron chi connectivity index (χ3n) is 5.85. The molecule has 0 bridgehead atoms. The molecule has 0 spiro atoms. The predicted octanol–water partition coefficient (Wildman–Crippen LogP) is 4.27. The molecule has 0 radical (unpaired) electrons. The maximum atomic E-state index is 13.1. The van der Waals surface area contributed by atoms with Crippen LogP contribution in [-0.2, 0) is 14.8 Å². The van der Waals surface area contributed by atoms with Crippen molar-refractivity contribution in [1.29, 1.82) is 0 Å². The van der Waals surface area contributed by atoms with Crippen LogP contribution in [0.2, 0.25) is 0 Å². The average Bonchev–Trinajstić information content (AvgIpc) is 2.85. The minimum Gasteiger partial charge on any atom is -0.325 e. The maximum absolute atomic E-state index is 13.1. The zero-order valence-corrected chi connectivity index (χ0v) is 19.2. The summed E-state index contributed by atoms with van der Waals surface area (Å²) in [5.74, 6) is -0.960. The lowest BCUT2D eigenvalue weighted by molar-refractivity contribution is -0.120. The molecular weight excluding hydrogens is 436 g/mol. The van der Waals surface area contributed by atoms with E-state index in [-0.39, 0.29) is 23.1 Å². The van der Waals surface area contributed by atoms with Crippen LogP contribution in [0.1, 0.15) is 34.3 Å². The molecule has 6 nitrogen and oxygen atoms in total. The minimum absolute atomic E-state index is 0.108. The lowest BCUT2D eigenvalue weighted by atomic mass is 9.97. The summed E-state index contributed by atoms with van der Waals surface area (Å²) in [5.41, 5.74) is 2.29. The quantitative estimate of drug-likeness (QED) is 0.555. The Morgan fingerprint density at radius 1 is 0.939 bits per heavy atom. The Balaban J connectivity index is 1.53. The van der Waals surface area contributed by atoms with E-state index >= 15 is 0 Å². The Labute approximate surface area is 194 Å². The van der Waals surface area contributed by atoms with Gasteiger partial charge in [-0.05, 0) is 44.0 Å². The van der Waals surface area contributed by atoms with Gasteiger partial charge in [0.1, 0.15) is 0 Å². The number of nitrogens with one attached hydrogen (secondary N) is 1. The van der Waals surface area contributed by atoms with E-state index in [9.17, 15) is 18.0 Å². The smallest absolute Gasteiger partial charge is 0.243 e. The molecule has 170 valence electrons. The zero-order chi connectivity index (χ0) is 23.4. The number of hydrogen-bond acceptors (Lipinski definition) is 4. The number of amides is 1. The molecule has 3 aromatic carbocycles. The highest BCUT2D eigenvalue weighted by Gasteiger charge is 2.33. The van der Waals surface area contributed by atoms with E-state index in [1.54, 1.807) is 66.7 Å². The van der Waals surface area contributed by atoms with Crippen LogP contribution in [0.15, 0.2) is 83.8 Å². The van der Waals surface area contributed by atoms with Crippen molar-refractivity contribution in [1.82, 2.24) is 4.31 Å². The van der Waals surface area contributed by atoms with Gasteiger partial charge in [-0.2, -0.15) is 4.31 Å². The molecule has 33 heavy (non-hydrogen) atoms. The van der Waals surface area contributed by atoms with Crippen molar-refractivity contribution in [2.24, 2.45) is 5.92 Å². The van der Waals surface area contributed by atoms with Gasteiger partial charge < -0.3 is 5.32 Å². The third kappa shape index (κ3) is 5.05. The van der Waals surface area contributed by atoms with E-state index in [4.69, 9.17) is 0 Å². The first kappa shape index (κ1) is 22.9. The maximum Gasteiger partial charge on any atom is 0.243 e. The summed E-state index contributed by atoms with van der Waals surface area (Å²) >= 11 is 0. The summed E-state index contributed by atoms with van der Waals surface area (Å²) in [5, 5.41) is 2.89. The van der Waals surface area contributed by atoms with Crippen LogP contribution >= 0.6 is 0 Å². The van der Waals surface area contributed by atoms with Gasteiger partial charge in [-0.25, -0.2) is 8.42 Å². The van der Waals surface area contributed by atoms with Crippen LogP contribution in [0.3, 0.4) is 0 Å². The van der Waals surface area contributed by atoms with Crippen LogP contribution in [0.25, 0.3) is 0 Å². The Hall–Kier alpha value is -3.29. The number of piperidine rings is 1. The Morgan fingerprint density at radius 3 is 2.30 bits per heavy atom. The van der Waals surface area contributed by atoms with Crippen LogP contribution in [0.4, 0.5) is 5.69 Å². The fourth-order valence-corrected chi connectivity index (χ4v) is 5.60. The second-order valence-electron chi connectivity index (χ2n) is 8.25. The molecule has 1 atom stereocenters. The van der Waals surface area contributed by atoms with Gasteiger partial charge in [0.05, 0.1) is 16.5 Å². The highest BCUT2D eigenvalue weighted by atomic mass is 32.2. The first-order valence-corrected chi connectivity index (χ1v) is 12.4. The summed E-state index contributed by atoms with van der Waals surface area (Å²) in [6.45, 7) is 2.38. The van der Waals surface area contributed by atoms with Crippen molar-refractivity contribution in [3.8, 4) is 0 Å². The SMILES string of the molecule is Cc1ccc(NC(=O)C2CCCN(S(=O)(=O)c3ccccc3)C2)c(C(=O)c2ccccc2)c1. The number of carbonyl (C=O) groups excluding carboxylic acids is 2. The molecule has 1 aliphatic rings. The number of rotatable bonds is 6. The fraction of sp³-hybridized carbons (Fsp3) is 0.231. The van der Waals surface area contributed by atoms with Crippen molar-refractivity contribution in [2.75, 3.05) is 18.4 Å². The van der Waals surface area contributed by atoms with Gasteiger partial charge in [0, 0.05) is 24.2 Å². The van der Waals surface area contributed by atoms with E-state index in [1.807, 2.05) is 19.1 Å². The van der Waals surface area contributed by atoms with Gasteiger partial charge in [-0.15, -0.1) is 0 Å². The molecule has 1 N–H and O–H groups in total. The fourth-order valence-electron chi connectivity index (χ4n) is 4.05. The molecule has 0 aliphatic carbocycles. The molecule has 1 unspecified atom stereocenters. The molecule has 0 aromatic heterocycles. The molecule has 7 heteroatoms. The summed E-state index contributed by atoms with van der Waals surface area (Å²) < 4.78 is 27.4. The summed E-state index contributed by atoms with van der Waals surface area (Å²) in [6, 6.07) is 22.5. The Kier molecular flexibility index (Phi) is 6.72. The number of nitrogens with zero attached hydrogens (tertiary/aromatic N) is 1. The number of carbonyl (C=O) groups is 2. The summed E-state index contributed by atoms with van der Waals surface area (Å²) in [4.78, 5) is 26.4. The number of anilines is 1. The van der Waals surface area contributed by atoms with Gasteiger partial charge in [-0.3, -0.25) is 9.59 Å². The van der Waals surface area contributed by atoms with Crippen LogP contribution in [-0.4, -0.2) is 37.5 Å². The average molecular weight is 463 g/mol. The first-order valence-electron chi connectivity index (χ1n) is 10.9. The second kappa shape index (κ2) is 9.68. The molecule has 1 saturated heterocycles. The monoisotopic (exact) mass is 462 g/mol. The van der Waals surface area contributed by atoms with Crippen LogP contribution in [0, 0.1) is 12.8 Å². The normalized spacial score (nSPS) is 16.8. The topological polar surface area (TPSA) is 83.6 Å². The highest BCUT2D eigenvalue weighted by molar-refractivity contribution is 7.89. The standard InChI is InChI=1S/C26H26N2O4S/c1-19-14-15-24(23(17-19)25(29)20-9-4-2-5-10-20)27-26(30)21-11-8-16-28(18-21)33(31,32)22-12-6-3-7-13-22/h2-7,9-10,12-15,17,21H,8,11,16,18H2,1H3,(H,27,30). The summed E-state index contributed by atoms with van der Waals surface area (Å²) in [7, 11) is -3.67. The number of benzene rings is 3. The van der Waals surface area contributed by atoms with E-state index < -0.39 is 15.9 Å². The molecule has 1 aliphatic heterocycles. The van der Waals surface area contributed by atoms with E-state index in [2.05, 4.69) is 5.32 Å². The van der Waals surface area contributed by atoms with Crippen LogP contribution in [0.5, 0.6) is 0 Å². The first-order chi connectivity index (χ1) is 15.9. The van der Waals surface area contributed by atoms with Crippen LogP contribution < -0.4 is 5.32 Å². The number of hydrogen-bond donors (Lipinski definition) is 1. The molecule has 3 aromatic rings. The largest absolute Gasteiger partial charge is 0.325 e. The van der Waals surface area contributed by atoms with Gasteiger partial charge in [0.15, 0.2) is 5.78 Å². The van der Waals surface area contributed by atoms with Crippen molar-refractivity contribution in [2.45, 2.75) is 24.7 Å². The third-order valence-corrected chi connectivity index (χ3v) is 7.73. The van der Waals surface area contributed by atoms with Gasteiger partial charge in [0.25, 0.3) is 0 Å². The van der Waals surface area contributed by atoms with Gasteiger partial charge >= 0.3 is 0 Å².